The Labute approximate surface area is 121 Å². The molecule has 2 rings (SSSR count). The van der Waals surface area contributed by atoms with Crippen molar-refractivity contribution in [2.75, 3.05) is 5.32 Å². The second-order valence-corrected chi connectivity index (χ2v) is 4.95. The molecule has 1 aromatic carbocycles. The van der Waals surface area contributed by atoms with Crippen LogP contribution in [0.5, 0.6) is 0 Å². The van der Waals surface area contributed by atoms with E-state index in [0.717, 1.165) is 6.07 Å². The van der Waals surface area contributed by atoms with Gasteiger partial charge in [-0.15, -0.1) is 0 Å². The number of benzene rings is 1. The van der Waals surface area contributed by atoms with Crippen LogP contribution in [0.1, 0.15) is 16.1 Å². The van der Waals surface area contributed by atoms with E-state index in [0.29, 0.717) is 11.8 Å². The van der Waals surface area contributed by atoms with Crippen molar-refractivity contribution in [2.24, 2.45) is 0 Å². The molecule has 0 bridgehead atoms. The maximum atomic E-state index is 13.6. The van der Waals surface area contributed by atoms with Crippen LogP contribution in [-0.4, -0.2) is 10.9 Å². The van der Waals surface area contributed by atoms with Crippen molar-refractivity contribution in [1.29, 1.82) is 0 Å². The third-order valence-electron chi connectivity index (χ3n) is 2.55. The maximum absolute atomic E-state index is 13.6. The molecular weight excluding hydrogens is 334 g/mol. The van der Waals surface area contributed by atoms with Crippen LogP contribution in [0.2, 0.25) is 0 Å². The Balaban J connectivity index is 2.35. The summed E-state index contributed by atoms with van der Waals surface area (Å²) >= 11 is 2.95. The predicted octanol–water partition coefficient (Wildman–Crippen LogP) is 2.98. The minimum Gasteiger partial charge on any atom is -0.364 e. The Kier molecular flexibility index (Phi) is 3.99. The smallest absolute Gasteiger partial charge is 0.261 e. The van der Waals surface area contributed by atoms with Gasteiger partial charge in [-0.3, -0.25) is 9.59 Å². The van der Waals surface area contributed by atoms with Gasteiger partial charge < -0.3 is 10.3 Å². The normalized spacial score (nSPS) is 10.4. The number of pyridine rings is 1. The monoisotopic (exact) mass is 342 g/mol. The number of H-pyrrole nitrogens is 1. The zero-order valence-electron chi connectivity index (χ0n) is 10.3. The lowest BCUT2D eigenvalue weighted by atomic mass is 10.2. The average Bonchev–Trinajstić information content (AvgIpc) is 2.33. The van der Waals surface area contributed by atoms with E-state index in [-0.39, 0.29) is 15.7 Å². The molecule has 4 nitrogen and oxygen atoms in total. The van der Waals surface area contributed by atoms with Gasteiger partial charge in [0.2, 0.25) is 0 Å². The van der Waals surface area contributed by atoms with E-state index in [1.807, 2.05) is 0 Å². The molecule has 0 saturated carbocycles. The summed E-state index contributed by atoms with van der Waals surface area (Å²) in [6.45, 7) is 1.67. The van der Waals surface area contributed by atoms with Crippen LogP contribution >= 0.6 is 15.9 Å². The first kappa shape index (κ1) is 14.4. The Morgan fingerprint density at radius 3 is 2.60 bits per heavy atom. The van der Waals surface area contributed by atoms with E-state index in [1.165, 1.54) is 12.3 Å². The van der Waals surface area contributed by atoms with Gasteiger partial charge in [0, 0.05) is 28.5 Å². The molecule has 0 radical (unpaired) electrons. The highest BCUT2D eigenvalue weighted by Gasteiger charge is 2.16. The quantitative estimate of drug-likeness (QED) is 0.881. The Hall–Kier alpha value is -2.02. The molecule has 1 amide bonds. The number of hydrogen-bond acceptors (Lipinski definition) is 2. The molecule has 1 aromatic heterocycles. The number of carbonyl (C=O) groups is 1. The van der Waals surface area contributed by atoms with Gasteiger partial charge in [-0.25, -0.2) is 8.78 Å². The lowest BCUT2D eigenvalue weighted by molar-refractivity contribution is 0.102. The van der Waals surface area contributed by atoms with Gasteiger partial charge in [0.25, 0.3) is 5.91 Å². The summed E-state index contributed by atoms with van der Waals surface area (Å²) in [5.74, 6) is -2.49. The van der Waals surface area contributed by atoms with Crippen molar-refractivity contribution in [3.8, 4) is 0 Å². The number of halogens is 3. The number of anilines is 1. The topological polar surface area (TPSA) is 62.0 Å². The van der Waals surface area contributed by atoms with E-state index in [1.54, 1.807) is 6.92 Å². The molecule has 20 heavy (non-hydrogen) atoms. The summed E-state index contributed by atoms with van der Waals surface area (Å²) in [6, 6.07) is 2.91. The summed E-state index contributed by atoms with van der Waals surface area (Å²) < 4.78 is 26.6. The highest BCUT2D eigenvalue weighted by Crippen LogP contribution is 2.27. The molecule has 104 valence electrons. The largest absolute Gasteiger partial charge is 0.364 e. The number of rotatable bonds is 2. The second-order valence-electron chi connectivity index (χ2n) is 4.09. The zero-order valence-corrected chi connectivity index (χ0v) is 11.8. The van der Waals surface area contributed by atoms with E-state index < -0.39 is 23.0 Å². The number of nitrogens with one attached hydrogen (secondary N) is 2. The fourth-order valence-electron chi connectivity index (χ4n) is 1.59. The van der Waals surface area contributed by atoms with Gasteiger partial charge in [0.1, 0.15) is 11.4 Å². The molecule has 0 aliphatic heterocycles. The predicted molar refractivity (Wildman–Crippen MR) is 73.8 cm³/mol. The standard InChI is InChI=1S/C13H9BrF2N2O2/c1-6-2-11(19)8(5-17-6)13(20)18-12-9(14)3-7(15)4-10(12)16/h2-5H,1H3,(H,17,19)(H,18,20). The van der Waals surface area contributed by atoms with Crippen LogP contribution in [-0.2, 0) is 0 Å². The number of aromatic nitrogens is 1. The van der Waals surface area contributed by atoms with Crippen molar-refractivity contribution >= 4 is 27.5 Å². The van der Waals surface area contributed by atoms with Crippen molar-refractivity contribution < 1.29 is 13.6 Å². The number of aryl methyl sites for hydroxylation is 1. The molecule has 0 aliphatic rings. The molecule has 0 unspecified atom stereocenters. The summed E-state index contributed by atoms with van der Waals surface area (Å²) in [5.41, 5.74) is -0.277. The third-order valence-corrected chi connectivity index (χ3v) is 3.17. The Morgan fingerprint density at radius 2 is 2.00 bits per heavy atom. The van der Waals surface area contributed by atoms with Crippen LogP contribution < -0.4 is 10.7 Å². The van der Waals surface area contributed by atoms with Gasteiger partial charge in [-0.05, 0) is 28.9 Å². The Morgan fingerprint density at radius 1 is 1.30 bits per heavy atom. The fourth-order valence-corrected chi connectivity index (χ4v) is 2.10. The van der Waals surface area contributed by atoms with E-state index in [2.05, 4.69) is 26.2 Å². The van der Waals surface area contributed by atoms with Crippen molar-refractivity contribution in [3.63, 3.8) is 0 Å². The summed E-state index contributed by atoms with van der Waals surface area (Å²) in [7, 11) is 0. The van der Waals surface area contributed by atoms with Crippen LogP contribution in [0.25, 0.3) is 0 Å². The van der Waals surface area contributed by atoms with Crippen molar-refractivity contribution in [3.05, 3.63) is 62.0 Å². The summed E-state index contributed by atoms with van der Waals surface area (Å²) in [5, 5.41) is 2.23. The molecule has 0 saturated heterocycles. The number of hydrogen-bond donors (Lipinski definition) is 2. The Bertz CT molecular complexity index is 720. The number of carbonyl (C=O) groups excluding carboxylic acids is 1. The average molecular weight is 343 g/mol. The molecule has 7 heteroatoms. The first-order valence-corrected chi connectivity index (χ1v) is 6.33. The number of amides is 1. The van der Waals surface area contributed by atoms with Crippen LogP contribution in [0, 0.1) is 18.6 Å². The van der Waals surface area contributed by atoms with Crippen LogP contribution in [0.4, 0.5) is 14.5 Å². The fraction of sp³-hybridized carbons (Fsp3) is 0.0769. The van der Waals surface area contributed by atoms with Gasteiger partial charge in [0.05, 0.1) is 5.69 Å². The minimum absolute atomic E-state index is 0.0480. The molecule has 0 atom stereocenters. The molecule has 2 N–H and O–H groups in total. The van der Waals surface area contributed by atoms with Gasteiger partial charge in [0.15, 0.2) is 11.2 Å². The first-order valence-electron chi connectivity index (χ1n) is 5.53. The molecule has 0 spiro atoms. The molecule has 1 heterocycles. The zero-order chi connectivity index (χ0) is 14.9. The highest BCUT2D eigenvalue weighted by atomic mass is 79.9. The SMILES string of the molecule is Cc1cc(=O)c(C(=O)Nc2c(F)cc(F)cc2Br)c[nH]1. The molecule has 2 aromatic rings. The second kappa shape index (κ2) is 5.54. The van der Waals surface area contributed by atoms with E-state index in [9.17, 15) is 18.4 Å². The molecule has 0 aliphatic carbocycles. The van der Waals surface area contributed by atoms with Gasteiger partial charge >= 0.3 is 0 Å². The van der Waals surface area contributed by atoms with E-state index in [4.69, 9.17) is 0 Å². The van der Waals surface area contributed by atoms with E-state index >= 15 is 0 Å². The first-order chi connectivity index (χ1) is 9.38. The lowest BCUT2D eigenvalue weighted by Gasteiger charge is -2.08. The lowest BCUT2D eigenvalue weighted by Crippen LogP contribution is -2.22. The third kappa shape index (κ3) is 2.93. The molecular formula is C13H9BrF2N2O2. The van der Waals surface area contributed by atoms with Crippen LogP contribution in [0.15, 0.2) is 33.7 Å². The van der Waals surface area contributed by atoms with Crippen LogP contribution in [0.3, 0.4) is 0 Å². The summed E-state index contributed by atoms with van der Waals surface area (Å²) in [6.07, 6.45) is 1.24. The minimum atomic E-state index is -0.936. The number of aromatic amines is 1. The van der Waals surface area contributed by atoms with Crippen molar-refractivity contribution in [1.82, 2.24) is 4.98 Å². The van der Waals surface area contributed by atoms with Crippen molar-refractivity contribution in [2.45, 2.75) is 6.92 Å². The maximum Gasteiger partial charge on any atom is 0.261 e. The summed E-state index contributed by atoms with van der Waals surface area (Å²) in [4.78, 5) is 26.3. The van der Waals surface area contributed by atoms with Gasteiger partial charge in [-0.1, -0.05) is 0 Å². The van der Waals surface area contributed by atoms with Gasteiger partial charge in [-0.2, -0.15) is 0 Å². The highest BCUT2D eigenvalue weighted by molar-refractivity contribution is 9.10. The molecule has 0 fully saturated rings.